The predicted octanol–water partition coefficient (Wildman–Crippen LogP) is 3.15. The van der Waals surface area contributed by atoms with E-state index in [0.717, 1.165) is 15.8 Å². The van der Waals surface area contributed by atoms with Crippen molar-refractivity contribution in [2.45, 2.75) is 29.4 Å². The molecule has 0 aliphatic carbocycles. The molecule has 0 spiro atoms. The average Bonchev–Trinajstić information content (AvgIpc) is 3.29. The molecule has 0 N–H and O–H groups in total. The number of rotatable bonds is 12. The van der Waals surface area contributed by atoms with Gasteiger partial charge in [0.2, 0.25) is 0 Å². The van der Waals surface area contributed by atoms with Crippen molar-refractivity contribution in [3.63, 3.8) is 0 Å². The second-order valence-electron chi connectivity index (χ2n) is 8.46. The fourth-order valence-corrected chi connectivity index (χ4v) is 6.55. The number of carbonyl (C=O) groups is 1. The summed E-state index contributed by atoms with van der Waals surface area (Å²) in [6.07, 6.45) is -0.860. The molecule has 1 aliphatic heterocycles. The Morgan fingerprint density at radius 1 is 0.921 bits per heavy atom. The Morgan fingerprint density at radius 2 is 1.50 bits per heavy atom. The molecule has 1 heterocycles. The van der Waals surface area contributed by atoms with Crippen LogP contribution in [0.4, 0.5) is 11.4 Å². The zero-order valence-corrected chi connectivity index (χ0v) is 23.3. The molecule has 0 bridgehead atoms. The molecule has 0 radical (unpaired) electrons. The van der Waals surface area contributed by atoms with Crippen LogP contribution < -0.4 is 9.47 Å². The Kier molecular flexibility index (Phi) is 10.5. The van der Waals surface area contributed by atoms with Gasteiger partial charge in [0, 0.05) is 0 Å². The van der Waals surface area contributed by atoms with Crippen molar-refractivity contribution in [1.29, 1.82) is 0 Å². The number of carbonyl (C=O) groups excluding carboxylic acids is 1. The molecular weight excluding hydrogens is 551 g/mol. The molecular formula is C29H32N2O6Se. The average molecular weight is 584 g/mol. The second kappa shape index (κ2) is 14.2. The van der Waals surface area contributed by atoms with Gasteiger partial charge in [-0.3, -0.25) is 0 Å². The molecule has 200 valence electrons. The molecule has 0 saturated carbocycles. The van der Waals surface area contributed by atoms with E-state index in [1.165, 1.54) is 6.21 Å². The third-order valence-corrected chi connectivity index (χ3v) is 8.43. The summed E-state index contributed by atoms with van der Waals surface area (Å²) in [7, 11) is 4.79. The molecule has 4 rings (SSSR count). The molecule has 1 fully saturated rings. The summed E-state index contributed by atoms with van der Waals surface area (Å²) < 4.78 is 30.3. The van der Waals surface area contributed by atoms with Gasteiger partial charge in [-0.05, 0) is 0 Å². The molecule has 0 aromatic heterocycles. The van der Waals surface area contributed by atoms with Gasteiger partial charge in [0.1, 0.15) is 0 Å². The second-order valence-corrected chi connectivity index (χ2v) is 10.9. The van der Waals surface area contributed by atoms with E-state index in [-0.39, 0.29) is 26.1 Å². The molecule has 38 heavy (non-hydrogen) atoms. The number of hydrazone groups is 1. The Labute approximate surface area is 229 Å². The normalized spacial score (nSPS) is 21.9. The van der Waals surface area contributed by atoms with Crippen molar-refractivity contribution < 1.29 is 28.5 Å². The molecule has 1 saturated heterocycles. The molecule has 0 amide bonds. The third-order valence-electron chi connectivity index (χ3n) is 6.01. The van der Waals surface area contributed by atoms with Crippen molar-refractivity contribution >= 4 is 43.0 Å². The molecule has 5 atom stereocenters. The van der Waals surface area contributed by atoms with Crippen molar-refractivity contribution in [2.75, 3.05) is 32.9 Å². The summed E-state index contributed by atoms with van der Waals surface area (Å²) in [6.45, 7) is 0.317. The Bertz CT molecular complexity index is 1110. The minimum absolute atomic E-state index is 0.152. The summed E-state index contributed by atoms with van der Waals surface area (Å²) in [4.78, 5) is 13.1. The minimum atomic E-state index is -0.652. The molecule has 0 unspecified atom stereocenters. The van der Waals surface area contributed by atoms with Gasteiger partial charge in [0.05, 0.1) is 0 Å². The van der Waals surface area contributed by atoms with Gasteiger partial charge >= 0.3 is 230 Å². The van der Waals surface area contributed by atoms with Gasteiger partial charge in [-0.1, -0.05) is 0 Å². The van der Waals surface area contributed by atoms with Crippen LogP contribution in [0.5, 0.6) is 0 Å². The van der Waals surface area contributed by atoms with E-state index >= 15 is 0 Å². The summed E-state index contributed by atoms with van der Waals surface area (Å²) in [5, 5.41) is 5.78. The fourth-order valence-electron chi connectivity index (χ4n) is 4.22. The number of anilines is 2. The van der Waals surface area contributed by atoms with Crippen LogP contribution in [0, 0.1) is 0 Å². The molecule has 3 aromatic rings. The number of ether oxygens (including phenoxy) is 5. The van der Waals surface area contributed by atoms with Crippen LogP contribution in [0.3, 0.4) is 0 Å². The third kappa shape index (κ3) is 7.08. The van der Waals surface area contributed by atoms with Crippen molar-refractivity contribution in [3.8, 4) is 0 Å². The van der Waals surface area contributed by atoms with Crippen molar-refractivity contribution in [2.24, 2.45) is 5.10 Å². The van der Waals surface area contributed by atoms with E-state index in [4.69, 9.17) is 23.7 Å². The monoisotopic (exact) mass is 584 g/mol. The molecule has 9 heteroatoms. The maximum absolute atomic E-state index is 13.1. The first-order chi connectivity index (χ1) is 18.6. The zero-order valence-electron chi connectivity index (χ0n) is 21.6. The topological polar surface area (TPSA) is 78.8 Å². The first-order valence-electron chi connectivity index (χ1n) is 12.2. The predicted molar refractivity (Wildman–Crippen MR) is 147 cm³/mol. The molecule has 8 nitrogen and oxygen atoms in total. The standard InChI is InChI=1S/C29H32N2O6Se/c1-33-20-24(34-2)26-27(35-3)28(29(37-26)38-23-17-11-6-12-18-23)36-25(32)19-30-31(21-13-7-4-8-14-21)22-15-9-5-10-16-22/h4-19,24,26-29H,20H2,1-3H3/b30-19+/t24-,26+,27-,28+,29-/m0/s1. The summed E-state index contributed by atoms with van der Waals surface area (Å²) >= 11 is -0.152. The summed E-state index contributed by atoms with van der Waals surface area (Å²) in [5.74, 6) is -0.590. The number of esters is 1. The first-order valence-corrected chi connectivity index (χ1v) is 14.1. The van der Waals surface area contributed by atoms with E-state index in [2.05, 4.69) is 5.10 Å². The number of hydrogen-bond acceptors (Lipinski definition) is 8. The van der Waals surface area contributed by atoms with Crippen LogP contribution >= 0.6 is 0 Å². The van der Waals surface area contributed by atoms with Crippen molar-refractivity contribution in [3.05, 3.63) is 91.0 Å². The van der Waals surface area contributed by atoms with Crippen LogP contribution in [-0.4, -0.2) is 84.5 Å². The number of methoxy groups -OCH3 is 3. The van der Waals surface area contributed by atoms with E-state index in [1.54, 1.807) is 26.3 Å². The van der Waals surface area contributed by atoms with Crippen LogP contribution in [0.2, 0.25) is 0 Å². The van der Waals surface area contributed by atoms with E-state index < -0.39 is 24.3 Å². The van der Waals surface area contributed by atoms with Gasteiger partial charge in [0.15, 0.2) is 0 Å². The van der Waals surface area contributed by atoms with Crippen molar-refractivity contribution in [1.82, 2.24) is 0 Å². The Hall–Kier alpha value is -3.04. The molecule has 1 aliphatic rings. The number of nitrogens with zero attached hydrogens (tertiary/aromatic N) is 2. The van der Waals surface area contributed by atoms with E-state index in [1.807, 2.05) is 91.0 Å². The SMILES string of the molecule is COC[C@H](OC)[C@H]1O[C@@H]([Se]c2ccccc2)[C@H](OC(=O)/C=N/N(c2ccccc2)c2ccccc2)[C@H]1OC. The van der Waals surface area contributed by atoms with Gasteiger partial charge in [-0.2, -0.15) is 0 Å². The van der Waals surface area contributed by atoms with Crippen LogP contribution in [0.1, 0.15) is 0 Å². The maximum atomic E-state index is 13.1. The summed E-state index contributed by atoms with van der Waals surface area (Å²) in [6, 6.07) is 29.2. The zero-order chi connectivity index (χ0) is 26.7. The number of benzene rings is 3. The van der Waals surface area contributed by atoms with Crippen LogP contribution in [-0.2, 0) is 28.5 Å². The first kappa shape index (κ1) is 28.0. The fraction of sp³-hybridized carbons (Fsp3) is 0.310. The number of para-hydroxylation sites is 2. The van der Waals surface area contributed by atoms with Crippen LogP contribution in [0.15, 0.2) is 96.1 Å². The quantitative estimate of drug-likeness (QED) is 0.140. The van der Waals surface area contributed by atoms with Crippen LogP contribution in [0.25, 0.3) is 0 Å². The van der Waals surface area contributed by atoms with E-state index in [9.17, 15) is 4.79 Å². The van der Waals surface area contributed by atoms with Gasteiger partial charge in [-0.25, -0.2) is 0 Å². The van der Waals surface area contributed by atoms with Gasteiger partial charge in [0.25, 0.3) is 0 Å². The molecule has 3 aromatic carbocycles. The summed E-state index contributed by atoms with van der Waals surface area (Å²) in [5.41, 5.74) is 1.63. The Balaban J connectivity index is 1.56. The number of hydrogen-bond donors (Lipinski definition) is 0. The van der Waals surface area contributed by atoms with E-state index in [0.29, 0.717) is 6.61 Å². The van der Waals surface area contributed by atoms with Gasteiger partial charge < -0.3 is 0 Å². The van der Waals surface area contributed by atoms with Gasteiger partial charge in [-0.15, -0.1) is 0 Å². The Morgan fingerprint density at radius 3 is 2.03 bits per heavy atom.